The van der Waals surface area contributed by atoms with E-state index >= 15 is 0 Å². The average molecular weight is 481 g/mol. The molecule has 0 radical (unpaired) electrons. The monoisotopic (exact) mass is 480 g/mol. The smallest absolute Gasteiger partial charge is 0.243 e. The van der Waals surface area contributed by atoms with Crippen LogP contribution in [0.3, 0.4) is 0 Å². The zero-order valence-electron chi connectivity index (χ0n) is 20.6. The molecule has 0 amide bonds. The van der Waals surface area contributed by atoms with Crippen molar-refractivity contribution in [3.8, 4) is 0 Å². The molecule has 180 valence electrons. The number of hydrogen-bond acceptors (Lipinski definition) is 5. The Hall–Kier alpha value is -2.42. The van der Waals surface area contributed by atoms with Crippen LogP contribution in [-0.4, -0.2) is 54.4 Å². The van der Waals surface area contributed by atoms with Gasteiger partial charge in [-0.3, -0.25) is 4.90 Å². The molecule has 3 aliphatic heterocycles. The number of benzene rings is 1. The highest BCUT2D eigenvalue weighted by atomic mass is 32.2. The van der Waals surface area contributed by atoms with E-state index in [1.807, 2.05) is 26.0 Å². The second-order valence-corrected chi connectivity index (χ2v) is 12.4. The number of piperidine rings is 1. The molecule has 0 N–H and O–H groups in total. The summed E-state index contributed by atoms with van der Waals surface area (Å²) >= 11 is 0. The van der Waals surface area contributed by atoms with Gasteiger partial charge in [0.1, 0.15) is 11.5 Å². The Balaban J connectivity index is 1.71. The molecule has 1 fully saturated rings. The molecule has 0 spiro atoms. The van der Waals surface area contributed by atoms with Crippen molar-refractivity contribution in [1.29, 1.82) is 0 Å². The summed E-state index contributed by atoms with van der Waals surface area (Å²) in [6.07, 6.45) is 6.71. The van der Waals surface area contributed by atoms with Crippen molar-refractivity contribution < 1.29 is 12.8 Å². The standard InChI is InChI=1S/C26H32N4O3S/c1-6-26-11-7-12-29-13-10-20-19-9-8-18(34(31,32)28(4)5)14-21(19)30(23(20)24(26)29)22(15-26)25-27-16(2)17(3)33-25/h8-9,14-15,24H,6-7,10-13H2,1-5H3/t24-,26+/m1/s1. The van der Waals surface area contributed by atoms with Crippen LogP contribution in [0.2, 0.25) is 0 Å². The zero-order chi connectivity index (χ0) is 24.0. The Bertz CT molecular complexity index is 1440. The first-order valence-electron chi connectivity index (χ1n) is 12.2. The molecule has 6 rings (SSSR count). The van der Waals surface area contributed by atoms with Crippen molar-refractivity contribution in [3.63, 3.8) is 0 Å². The summed E-state index contributed by atoms with van der Waals surface area (Å²) in [5.74, 6) is 1.43. The van der Waals surface area contributed by atoms with Gasteiger partial charge in [-0.1, -0.05) is 13.0 Å². The lowest BCUT2D eigenvalue weighted by Gasteiger charge is -2.53. The predicted molar refractivity (Wildman–Crippen MR) is 132 cm³/mol. The van der Waals surface area contributed by atoms with Gasteiger partial charge in [-0.2, -0.15) is 0 Å². The molecular formula is C26H32N4O3S. The van der Waals surface area contributed by atoms with Crippen LogP contribution in [0.1, 0.15) is 60.8 Å². The van der Waals surface area contributed by atoms with Gasteiger partial charge in [0, 0.05) is 37.1 Å². The van der Waals surface area contributed by atoms with Gasteiger partial charge < -0.3 is 8.98 Å². The summed E-state index contributed by atoms with van der Waals surface area (Å²) in [6, 6.07) is 5.88. The third-order valence-electron chi connectivity index (χ3n) is 8.34. The number of aromatic nitrogens is 2. The number of aryl methyl sites for hydroxylation is 2. The first-order chi connectivity index (χ1) is 16.2. The van der Waals surface area contributed by atoms with Gasteiger partial charge in [0.25, 0.3) is 0 Å². The molecule has 8 heteroatoms. The molecule has 3 aromatic rings. The Labute approximate surface area is 201 Å². The molecule has 0 unspecified atom stereocenters. The lowest BCUT2D eigenvalue weighted by molar-refractivity contribution is 0.0269. The van der Waals surface area contributed by atoms with Crippen LogP contribution in [0.4, 0.5) is 0 Å². The van der Waals surface area contributed by atoms with Crippen LogP contribution >= 0.6 is 0 Å². The minimum absolute atomic E-state index is 0.0158. The summed E-state index contributed by atoms with van der Waals surface area (Å²) in [5.41, 5.74) is 5.41. The van der Waals surface area contributed by atoms with E-state index in [0.29, 0.717) is 10.8 Å². The van der Waals surface area contributed by atoms with Gasteiger partial charge in [-0.15, -0.1) is 0 Å². The fourth-order valence-corrected chi connectivity index (χ4v) is 7.34. The van der Waals surface area contributed by atoms with Crippen molar-refractivity contribution in [2.45, 2.75) is 57.4 Å². The Morgan fingerprint density at radius 1 is 1.24 bits per heavy atom. The lowest BCUT2D eigenvalue weighted by Crippen LogP contribution is -2.50. The van der Waals surface area contributed by atoms with Gasteiger partial charge in [-0.25, -0.2) is 17.7 Å². The summed E-state index contributed by atoms with van der Waals surface area (Å²) in [4.78, 5) is 7.74. The van der Waals surface area contributed by atoms with Gasteiger partial charge in [0.05, 0.1) is 22.1 Å². The first kappa shape index (κ1) is 22.1. The zero-order valence-corrected chi connectivity index (χ0v) is 21.4. The second-order valence-electron chi connectivity index (χ2n) is 10.2. The summed E-state index contributed by atoms with van der Waals surface area (Å²) < 4.78 is 35.7. The van der Waals surface area contributed by atoms with E-state index in [1.165, 1.54) is 22.0 Å². The number of hydrogen-bond donors (Lipinski definition) is 0. The third kappa shape index (κ3) is 2.82. The van der Waals surface area contributed by atoms with Crippen LogP contribution in [-0.2, 0) is 16.4 Å². The molecule has 3 aliphatic rings. The molecule has 5 heterocycles. The topological polar surface area (TPSA) is 71.6 Å². The van der Waals surface area contributed by atoms with E-state index in [9.17, 15) is 8.42 Å². The Morgan fingerprint density at radius 3 is 2.71 bits per heavy atom. The molecular weight excluding hydrogens is 448 g/mol. The molecule has 34 heavy (non-hydrogen) atoms. The summed E-state index contributed by atoms with van der Waals surface area (Å²) in [6.45, 7) is 8.35. The lowest BCUT2D eigenvalue weighted by atomic mass is 9.66. The quantitative estimate of drug-likeness (QED) is 0.550. The van der Waals surface area contributed by atoms with Gasteiger partial charge in [-0.05, 0) is 69.8 Å². The molecule has 1 aromatic carbocycles. The fraction of sp³-hybridized carbons (Fsp3) is 0.500. The molecule has 0 bridgehead atoms. The van der Waals surface area contributed by atoms with E-state index in [-0.39, 0.29) is 11.5 Å². The molecule has 1 saturated heterocycles. The summed E-state index contributed by atoms with van der Waals surface area (Å²) in [7, 11) is -0.405. The molecule has 7 nitrogen and oxygen atoms in total. The predicted octanol–water partition coefficient (Wildman–Crippen LogP) is 4.49. The fourth-order valence-electron chi connectivity index (χ4n) is 6.42. The van der Waals surface area contributed by atoms with Crippen LogP contribution in [0.5, 0.6) is 0 Å². The largest absolute Gasteiger partial charge is 0.440 e. The van der Waals surface area contributed by atoms with E-state index < -0.39 is 10.0 Å². The first-order valence-corrected chi connectivity index (χ1v) is 13.6. The van der Waals surface area contributed by atoms with Crippen molar-refractivity contribution in [2.75, 3.05) is 27.2 Å². The van der Waals surface area contributed by atoms with Crippen molar-refractivity contribution >= 4 is 26.6 Å². The van der Waals surface area contributed by atoms with Crippen molar-refractivity contribution in [2.24, 2.45) is 5.41 Å². The van der Waals surface area contributed by atoms with Crippen LogP contribution in [0.25, 0.3) is 16.6 Å². The van der Waals surface area contributed by atoms with E-state index in [4.69, 9.17) is 9.40 Å². The van der Waals surface area contributed by atoms with E-state index in [2.05, 4.69) is 22.5 Å². The minimum atomic E-state index is -3.56. The van der Waals surface area contributed by atoms with Crippen LogP contribution in [0.15, 0.2) is 33.6 Å². The van der Waals surface area contributed by atoms with Crippen molar-refractivity contribution in [3.05, 3.63) is 52.9 Å². The highest BCUT2D eigenvalue weighted by molar-refractivity contribution is 7.89. The molecule has 2 atom stereocenters. The van der Waals surface area contributed by atoms with Crippen molar-refractivity contribution in [1.82, 2.24) is 18.8 Å². The number of sulfonamides is 1. The van der Waals surface area contributed by atoms with Gasteiger partial charge in [0.2, 0.25) is 15.9 Å². The average Bonchev–Trinajstić information content (AvgIpc) is 3.34. The highest BCUT2D eigenvalue weighted by Gasteiger charge is 2.51. The van der Waals surface area contributed by atoms with Gasteiger partial charge >= 0.3 is 0 Å². The maximum atomic E-state index is 13.0. The Morgan fingerprint density at radius 2 is 2.03 bits per heavy atom. The number of nitrogens with zero attached hydrogens (tertiary/aromatic N) is 4. The SMILES string of the molecule is CC[C@@]12C=C(c3nc(C)c(C)o3)n3c4c(c5ccc(S(=O)(=O)N(C)C)cc53)CCN(CCC1)[C@H]42. The molecule has 0 saturated carbocycles. The normalized spacial score (nSPS) is 24.5. The maximum absolute atomic E-state index is 13.0. The Kier molecular flexibility index (Phi) is 4.73. The summed E-state index contributed by atoms with van der Waals surface area (Å²) in [5, 5.41) is 1.13. The third-order valence-corrected chi connectivity index (χ3v) is 10.2. The van der Waals surface area contributed by atoms with Gasteiger partial charge in [0.15, 0.2) is 0 Å². The van der Waals surface area contributed by atoms with Crippen LogP contribution in [0, 0.1) is 19.3 Å². The number of oxazole rings is 1. The van der Waals surface area contributed by atoms with E-state index in [1.54, 1.807) is 20.2 Å². The number of rotatable bonds is 4. The van der Waals surface area contributed by atoms with Crippen LogP contribution < -0.4 is 0 Å². The molecule has 0 aliphatic carbocycles. The number of fused-ring (bicyclic) bond motifs is 3. The highest BCUT2D eigenvalue weighted by Crippen LogP contribution is 2.57. The second kappa shape index (κ2) is 7.29. The maximum Gasteiger partial charge on any atom is 0.243 e. The van der Waals surface area contributed by atoms with E-state index in [0.717, 1.165) is 60.4 Å². The molecule has 2 aromatic heterocycles. The minimum Gasteiger partial charge on any atom is -0.440 e.